The first-order valence-corrected chi connectivity index (χ1v) is 6.11. The highest BCUT2D eigenvalue weighted by molar-refractivity contribution is 6.31. The van der Waals surface area contributed by atoms with Gasteiger partial charge in [0, 0.05) is 17.3 Å². The zero-order chi connectivity index (χ0) is 13.3. The molecule has 2 aromatic rings. The van der Waals surface area contributed by atoms with E-state index in [0.29, 0.717) is 17.3 Å². The van der Waals surface area contributed by atoms with Gasteiger partial charge in [0.25, 0.3) is 0 Å². The van der Waals surface area contributed by atoms with Crippen molar-refractivity contribution in [2.45, 2.75) is 20.4 Å². The van der Waals surface area contributed by atoms with E-state index in [2.05, 4.69) is 0 Å². The average Bonchev–Trinajstić information content (AvgIpc) is 2.76. The van der Waals surface area contributed by atoms with Gasteiger partial charge in [-0.1, -0.05) is 23.7 Å². The molecular formula is C14H14ClNO2. The van der Waals surface area contributed by atoms with Crippen LogP contribution in [0.1, 0.15) is 23.0 Å². The van der Waals surface area contributed by atoms with Crippen molar-refractivity contribution in [1.29, 1.82) is 0 Å². The first-order valence-electron chi connectivity index (χ1n) is 5.74. The summed E-state index contributed by atoms with van der Waals surface area (Å²) >= 11 is 6.10. The molecular weight excluding hydrogens is 250 g/mol. The predicted octanol–water partition coefficient (Wildman–Crippen LogP) is 3.84. The molecule has 0 spiro atoms. The molecule has 0 saturated heterocycles. The van der Waals surface area contributed by atoms with Gasteiger partial charge >= 0.3 is 5.97 Å². The molecule has 1 heterocycles. The van der Waals surface area contributed by atoms with Crippen molar-refractivity contribution in [3.63, 3.8) is 0 Å². The molecule has 3 nitrogen and oxygen atoms in total. The number of hydrogen-bond acceptors (Lipinski definition) is 1. The smallest absolute Gasteiger partial charge is 0.352 e. The molecule has 0 aliphatic carbocycles. The highest BCUT2D eigenvalue weighted by Gasteiger charge is 2.14. The summed E-state index contributed by atoms with van der Waals surface area (Å²) in [5, 5.41) is 9.80. The summed E-state index contributed by atoms with van der Waals surface area (Å²) in [6.45, 7) is 4.47. The predicted molar refractivity (Wildman–Crippen MR) is 72.2 cm³/mol. The second-order valence-electron chi connectivity index (χ2n) is 4.12. The topological polar surface area (TPSA) is 42.2 Å². The molecule has 0 unspecified atom stereocenters. The van der Waals surface area contributed by atoms with E-state index in [9.17, 15) is 4.79 Å². The number of aryl methyl sites for hydroxylation is 1. The summed E-state index contributed by atoms with van der Waals surface area (Å²) in [4.78, 5) is 11.1. The fourth-order valence-corrected chi connectivity index (χ4v) is 2.18. The van der Waals surface area contributed by atoms with E-state index in [1.807, 2.05) is 38.1 Å². The minimum Gasteiger partial charge on any atom is -0.477 e. The van der Waals surface area contributed by atoms with Gasteiger partial charge in [-0.15, -0.1) is 0 Å². The highest BCUT2D eigenvalue weighted by Crippen LogP contribution is 2.27. The van der Waals surface area contributed by atoms with Gasteiger partial charge in [-0.25, -0.2) is 4.79 Å². The van der Waals surface area contributed by atoms with Crippen molar-refractivity contribution >= 4 is 17.6 Å². The molecule has 4 heteroatoms. The quantitative estimate of drug-likeness (QED) is 0.914. The number of carbonyl (C=O) groups is 1. The summed E-state index contributed by atoms with van der Waals surface area (Å²) in [6, 6.07) is 9.19. The summed E-state index contributed by atoms with van der Waals surface area (Å²) in [7, 11) is 0. The Morgan fingerprint density at radius 3 is 2.61 bits per heavy atom. The first kappa shape index (κ1) is 12.7. The molecule has 1 aromatic heterocycles. The normalized spacial score (nSPS) is 10.6. The molecule has 0 radical (unpaired) electrons. The number of benzene rings is 1. The van der Waals surface area contributed by atoms with Crippen LogP contribution in [0.25, 0.3) is 11.3 Å². The third-order valence-electron chi connectivity index (χ3n) is 2.98. The van der Waals surface area contributed by atoms with Gasteiger partial charge in [0.1, 0.15) is 5.69 Å². The van der Waals surface area contributed by atoms with Crippen molar-refractivity contribution in [2.24, 2.45) is 0 Å². The lowest BCUT2D eigenvalue weighted by Crippen LogP contribution is -2.08. The molecule has 2 rings (SSSR count). The Labute approximate surface area is 111 Å². The lowest BCUT2D eigenvalue weighted by atomic mass is 10.1. The van der Waals surface area contributed by atoms with Crippen LogP contribution in [0, 0.1) is 6.92 Å². The van der Waals surface area contributed by atoms with Crippen LogP contribution >= 0.6 is 11.6 Å². The molecule has 0 fully saturated rings. The van der Waals surface area contributed by atoms with E-state index < -0.39 is 5.97 Å². The lowest BCUT2D eigenvalue weighted by Gasteiger charge is -2.10. The van der Waals surface area contributed by atoms with Gasteiger partial charge in [-0.3, -0.25) is 0 Å². The third kappa shape index (κ3) is 2.14. The first-order chi connectivity index (χ1) is 8.54. The Balaban J connectivity index is 2.57. The molecule has 1 aromatic carbocycles. The van der Waals surface area contributed by atoms with Crippen LogP contribution in [-0.4, -0.2) is 15.6 Å². The number of nitrogens with zero attached hydrogens (tertiary/aromatic N) is 1. The fraction of sp³-hybridized carbons (Fsp3) is 0.214. The zero-order valence-electron chi connectivity index (χ0n) is 10.3. The van der Waals surface area contributed by atoms with Gasteiger partial charge < -0.3 is 9.67 Å². The number of aromatic carboxylic acids is 1. The molecule has 0 saturated carbocycles. The number of halogens is 1. The summed E-state index contributed by atoms with van der Waals surface area (Å²) in [6.07, 6.45) is 0. The van der Waals surface area contributed by atoms with Crippen LogP contribution < -0.4 is 0 Å². The second-order valence-corrected chi connectivity index (χ2v) is 4.52. The maximum Gasteiger partial charge on any atom is 0.352 e. The minimum absolute atomic E-state index is 0.296. The van der Waals surface area contributed by atoms with Crippen LogP contribution in [0.3, 0.4) is 0 Å². The molecule has 0 amide bonds. The van der Waals surface area contributed by atoms with Crippen molar-refractivity contribution in [3.05, 3.63) is 46.6 Å². The Morgan fingerprint density at radius 1 is 1.33 bits per heavy atom. The Kier molecular flexibility index (Phi) is 3.43. The van der Waals surface area contributed by atoms with Crippen LogP contribution in [0.5, 0.6) is 0 Å². The van der Waals surface area contributed by atoms with Gasteiger partial charge in [-0.05, 0) is 43.2 Å². The van der Waals surface area contributed by atoms with E-state index in [-0.39, 0.29) is 0 Å². The maximum atomic E-state index is 11.1. The lowest BCUT2D eigenvalue weighted by molar-refractivity contribution is 0.0685. The number of carboxylic acid groups (broad SMARTS) is 1. The molecule has 0 aliphatic heterocycles. The van der Waals surface area contributed by atoms with Crippen molar-refractivity contribution in [3.8, 4) is 11.3 Å². The van der Waals surface area contributed by atoms with Crippen LogP contribution in [0.2, 0.25) is 5.02 Å². The zero-order valence-corrected chi connectivity index (χ0v) is 11.0. The SMILES string of the molecule is CCn1c(C(=O)O)ccc1-c1ccc(C)c(Cl)c1. The highest BCUT2D eigenvalue weighted by atomic mass is 35.5. The minimum atomic E-state index is -0.915. The van der Waals surface area contributed by atoms with Gasteiger partial charge in [0.15, 0.2) is 0 Å². The Hall–Kier alpha value is -1.74. The van der Waals surface area contributed by atoms with E-state index in [1.165, 1.54) is 0 Å². The molecule has 0 atom stereocenters. The number of rotatable bonds is 3. The Morgan fingerprint density at radius 2 is 2.06 bits per heavy atom. The van der Waals surface area contributed by atoms with Crippen LogP contribution in [0.15, 0.2) is 30.3 Å². The van der Waals surface area contributed by atoms with E-state index in [1.54, 1.807) is 10.6 Å². The van der Waals surface area contributed by atoms with Crippen molar-refractivity contribution in [2.75, 3.05) is 0 Å². The second kappa shape index (κ2) is 4.86. The number of carboxylic acids is 1. The largest absolute Gasteiger partial charge is 0.477 e. The number of aromatic nitrogens is 1. The summed E-state index contributed by atoms with van der Waals surface area (Å²) in [5.74, 6) is -0.915. The van der Waals surface area contributed by atoms with E-state index in [0.717, 1.165) is 16.8 Å². The maximum absolute atomic E-state index is 11.1. The van der Waals surface area contributed by atoms with E-state index in [4.69, 9.17) is 16.7 Å². The van der Waals surface area contributed by atoms with Crippen LogP contribution in [0.4, 0.5) is 0 Å². The molecule has 1 N–H and O–H groups in total. The molecule has 0 aliphatic rings. The van der Waals surface area contributed by atoms with E-state index >= 15 is 0 Å². The van der Waals surface area contributed by atoms with Crippen LogP contribution in [-0.2, 0) is 6.54 Å². The van der Waals surface area contributed by atoms with Gasteiger partial charge in [-0.2, -0.15) is 0 Å². The number of hydrogen-bond donors (Lipinski definition) is 1. The average molecular weight is 264 g/mol. The summed E-state index contributed by atoms with van der Waals surface area (Å²) < 4.78 is 1.77. The van der Waals surface area contributed by atoms with Crippen molar-refractivity contribution < 1.29 is 9.90 Å². The van der Waals surface area contributed by atoms with Gasteiger partial charge in [0.05, 0.1) is 0 Å². The fourth-order valence-electron chi connectivity index (χ4n) is 2.00. The molecule has 0 bridgehead atoms. The third-order valence-corrected chi connectivity index (χ3v) is 3.39. The van der Waals surface area contributed by atoms with Gasteiger partial charge in [0.2, 0.25) is 0 Å². The monoisotopic (exact) mass is 263 g/mol. The molecule has 18 heavy (non-hydrogen) atoms. The Bertz CT molecular complexity index is 602. The molecule has 94 valence electrons. The standard InChI is InChI=1S/C14H14ClNO2/c1-3-16-12(6-7-13(16)14(17)18)10-5-4-9(2)11(15)8-10/h4-8H,3H2,1-2H3,(H,17,18). The van der Waals surface area contributed by atoms with Crippen molar-refractivity contribution in [1.82, 2.24) is 4.57 Å². The summed E-state index contributed by atoms with van der Waals surface area (Å²) in [5.41, 5.74) is 3.11.